The van der Waals surface area contributed by atoms with Gasteiger partial charge in [-0.25, -0.2) is 14.4 Å². The molecule has 0 aliphatic heterocycles. The number of aromatic hydroxyl groups is 1. The van der Waals surface area contributed by atoms with Crippen LogP contribution in [0, 0.1) is 11.7 Å². The lowest BCUT2D eigenvalue weighted by Gasteiger charge is -2.17. The lowest BCUT2D eigenvalue weighted by Crippen LogP contribution is -2.30. The van der Waals surface area contributed by atoms with Crippen LogP contribution in [0.25, 0.3) is 22.3 Å². The summed E-state index contributed by atoms with van der Waals surface area (Å²) in [5.74, 6) is 0.870. The molecule has 6 heteroatoms. The Balaban J connectivity index is 2.00. The summed E-state index contributed by atoms with van der Waals surface area (Å²) in [6.45, 7) is 4.82. The molecule has 1 aromatic heterocycles. The first kappa shape index (κ1) is 18.1. The Kier molecular flexibility index (Phi) is 5.32. The number of nitrogens with two attached hydrogens (primary N) is 1. The molecule has 0 fully saturated rings. The number of anilines is 1. The quantitative estimate of drug-likeness (QED) is 0.625. The highest BCUT2D eigenvalue weighted by atomic mass is 19.1. The number of phenols is 1. The zero-order valence-electron chi connectivity index (χ0n) is 14.9. The number of halogens is 1. The lowest BCUT2D eigenvalue weighted by atomic mass is 10.0. The van der Waals surface area contributed by atoms with Crippen LogP contribution < -0.4 is 11.1 Å². The van der Waals surface area contributed by atoms with Crippen LogP contribution in [0.4, 0.5) is 10.2 Å². The second-order valence-corrected chi connectivity index (χ2v) is 6.84. The van der Waals surface area contributed by atoms with E-state index in [0.717, 1.165) is 11.8 Å². The number of rotatable bonds is 6. The fourth-order valence-corrected chi connectivity index (χ4v) is 2.94. The van der Waals surface area contributed by atoms with Crippen LogP contribution in [-0.4, -0.2) is 27.7 Å². The molecule has 3 aromatic rings. The number of hydrogen-bond acceptors (Lipinski definition) is 5. The molecule has 5 nitrogen and oxygen atoms in total. The van der Waals surface area contributed by atoms with Gasteiger partial charge in [-0.05, 0) is 42.7 Å². The molecule has 1 atom stereocenters. The summed E-state index contributed by atoms with van der Waals surface area (Å²) in [7, 11) is 0. The SMILES string of the molecule is CC(C)CC(N)CNc1nc(-c2cc(F)ccc2O)nc2ccccc12. The molecule has 0 bridgehead atoms. The number of nitrogens with one attached hydrogen (secondary N) is 1. The largest absolute Gasteiger partial charge is 0.507 e. The molecule has 0 aliphatic rings. The molecule has 1 heterocycles. The summed E-state index contributed by atoms with van der Waals surface area (Å²) >= 11 is 0. The zero-order valence-corrected chi connectivity index (χ0v) is 14.9. The predicted molar refractivity (Wildman–Crippen MR) is 103 cm³/mol. The Morgan fingerprint density at radius 3 is 2.69 bits per heavy atom. The third-order valence-electron chi connectivity index (χ3n) is 4.11. The minimum atomic E-state index is -0.456. The molecule has 26 heavy (non-hydrogen) atoms. The van der Waals surface area contributed by atoms with Crippen LogP contribution in [0.3, 0.4) is 0 Å². The molecule has 3 rings (SSSR count). The summed E-state index contributed by atoms with van der Waals surface area (Å²) in [5.41, 5.74) is 7.13. The number of para-hydroxylation sites is 1. The Bertz CT molecular complexity index is 913. The Morgan fingerprint density at radius 1 is 1.15 bits per heavy atom. The van der Waals surface area contributed by atoms with Crippen molar-refractivity contribution in [3.8, 4) is 17.1 Å². The van der Waals surface area contributed by atoms with Gasteiger partial charge in [-0.3, -0.25) is 0 Å². The second-order valence-electron chi connectivity index (χ2n) is 6.84. The Labute approximate surface area is 152 Å². The standard InChI is InChI=1S/C20H23FN4O/c1-12(2)9-14(22)11-23-19-15-5-3-4-6-17(15)24-20(25-19)16-10-13(21)7-8-18(16)26/h3-8,10,12,14,26H,9,11,22H2,1-2H3,(H,23,24,25). The van der Waals surface area contributed by atoms with Crippen LogP contribution in [0.15, 0.2) is 42.5 Å². The lowest BCUT2D eigenvalue weighted by molar-refractivity contribution is 0.475. The van der Waals surface area contributed by atoms with Crippen LogP contribution in [0.1, 0.15) is 20.3 Å². The molecule has 0 radical (unpaired) electrons. The minimum Gasteiger partial charge on any atom is -0.507 e. The van der Waals surface area contributed by atoms with Gasteiger partial charge in [0.1, 0.15) is 17.4 Å². The fourth-order valence-electron chi connectivity index (χ4n) is 2.94. The molecular formula is C20H23FN4O. The molecule has 1 unspecified atom stereocenters. The Morgan fingerprint density at radius 2 is 1.92 bits per heavy atom. The summed E-state index contributed by atoms with van der Waals surface area (Å²) in [6, 6.07) is 11.3. The van der Waals surface area contributed by atoms with Gasteiger partial charge in [0.05, 0.1) is 11.1 Å². The maximum atomic E-state index is 13.6. The van der Waals surface area contributed by atoms with E-state index >= 15 is 0 Å². The van der Waals surface area contributed by atoms with Gasteiger partial charge in [-0.15, -0.1) is 0 Å². The van der Waals surface area contributed by atoms with Gasteiger partial charge >= 0.3 is 0 Å². The van der Waals surface area contributed by atoms with Crippen molar-refractivity contribution in [3.05, 3.63) is 48.3 Å². The number of phenolic OH excluding ortho intramolecular Hbond substituents is 1. The molecular weight excluding hydrogens is 331 g/mol. The van der Waals surface area contributed by atoms with Crippen molar-refractivity contribution in [2.45, 2.75) is 26.3 Å². The molecule has 0 saturated heterocycles. The van der Waals surface area contributed by atoms with Crippen LogP contribution >= 0.6 is 0 Å². The first-order valence-electron chi connectivity index (χ1n) is 8.69. The second kappa shape index (κ2) is 7.66. The highest BCUT2D eigenvalue weighted by molar-refractivity contribution is 5.90. The minimum absolute atomic E-state index is 0.00486. The normalized spacial score (nSPS) is 12.5. The average molecular weight is 354 g/mol. The van der Waals surface area contributed by atoms with Crippen molar-refractivity contribution >= 4 is 16.7 Å². The van der Waals surface area contributed by atoms with Crippen molar-refractivity contribution in [1.29, 1.82) is 0 Å². The maximum absolute atomic E-state index is 13.6. The van der Waals surface area contributed by atoms with E-state index in [-0.39, 0.29) is 23.2 Å². The number of nitrogens with zero attached hydrogens (tertiary/aromatic N) is 2. The fraction of sp³-hybridized carbons (Fsp3) is 0.300. The summed E-state index contributed by atoms with van der Waals surface area (Å²) < 4.78 is 13.6. The summed E-state index contributed by atoms with van der Waals surface area (Å²) in [5, 5.41) is 14.2. The topological polar surface area (TPSA) is 84.1 Å². The van der Waals surface area contributed by atoms with Gasteiger partial charge < -0.3 is 16.2 Å². The third kappa shape index (κ3) is 4.08. The van der Waals surface area contributed by atoms with E-state index < -0.39 is 5.82 Å². The maximum Gasteiger partial charge on any atom is 0.165 e. The van der Waals surface area contributed by atoms with Crippen molar-refractivity contribution in [2.75, 3.05) is 11.9 Å². The van der Waals surface area contributed by atoms with E-state index in [4.69, 9.17) is 5.73 Å². The van der Waals surface area contributed by atoms with E-state index in [1.54, 1.807) is 0 Å². The van der Waals surface area contributed by atoms with Gasteiger partial charge in [0.2, 0.25) is 0 Å². The predicted octanol–water partition coefficient (Wildman–Crippen LogP) is 3.93. The third-order valence-corrected chi connectivity index (χ3v) is 4.11. The first-order valence-corrected chi connectivity index (χ1v) is 8.69. The van der Waals surface area contributed by atoms with Crippen LogP contribution in [0.5, 0.6) is 5.75 Å². The van der Waals surface area contributed by atoms with E-state index in [1.165, 1.54) is 18.2 Å². The van der Waals surface area contributed by atoms with E-state index in [1.807, 2.05) is 24.3 Å². The Hall–Kier alpha value is -2.73. The number of benzene rings is 2. The molecule has 4 N–H and O–H groups in total. The molecule has 0 aliphatic carbocycles. The zero-order chi connectivity index (χ0) is 18.7. The van der Waals surface area contributed by atoms with Gasteiger partial charge in [0, 0.05) is 18.0 Å². The van der Waals surface area contributed by atoms with Crippen molar-refractivity contribution in [2.24, 2.45) is 11.7 Å². The van der Waals surface area contributed by atoms with Gasteiger partial charge in [0.15, 0.2) is 5.82 Å². The van der Waals surface area contributed by atoms with Crippen LogP contribution in [-0.2, 0) is 0 Å². The van der Waals surface area contributed by atoms with Gasteiger partial charge in [0.25, 0.3) is 0 Å². The van der Waals surface area contributed by atoms with Gasteiger partial charge in [-0.2, -0.15) is 0 Å². The first-order chi connectivity index (χ1) is 12.4. The summed E-state index contributed by atoms with van der Waals surface area (Å²) in [4.78, 5) is 8.99. The monoisotopic (exact) mass is 354 g/mol. The highest BCUT2D eigenvalue weighted by Crippen LogP contribution is 2.30. The molecule has 136 valence electrons. The van der Waals surface area contributed by atoms with Crippen molar-refractivity contribution in [3.63, 3.8) is 0 Å². The number of fused-ring (bicyclic) bond motifs is 1. The van der Waals surface area contributed by atoms with Gasteiger partial charge in [-0.1, -0.05) is 26.0 Å². The van der Waals surface area contributed by atoms with Crippen molar-refractivity contribution < 1.29 is 9.50 Å². The molecule has 0 spiro atoms. The van der Waals surface area contributed by atoms with E-state index in [0.29, 0.717) is 23.8 Å². The smallest absolute Gasteiger partial charge is 0.165 e. The molecule has 0 amide bonds. The number of hydrogen-bond donors (Lipinski definition) is 3. The highest BCUT2D eigenvalue weighted by Gasteiger charge is 2.14. The van der Waals surface area contributed by atoms with Crippen LogP contribution in [0.2, 0.25) is 0 Å². The molecule has 2 aromatic carbocycles. The average Bonchev–Trinajstić information content (AvgIpc) is 2.61. The summed E-state index contributed by atoms with van der Waals surface area (Å²) in [6.07, 6.45) is 0.896. The number of aromatic nitrogens is 2. The van der Waals surface area contributed by atoms with E-state index in [2.05, 4.69) is 29.1 Å². The van der Waals surface area contributed by atoms with Crippen molar-refractivity contribution in [1.82, 2.24) is 9.97 Å². The van der Waals surface area contributed by atoms with E-state index in [9.17, 15) is 9.50 Å². The molecule has 0 saturated carbocycles.